The SMILES string of the molecule is Cc1ccc(C)n1C[C@H]1CN(Cc2cccs2)Cc2nccn2C1. The van der Waals surface area contributed by atoms with Crippen LogP contribution in [0.1, 0.15) is 22.1 Å². The summed E-state index contributed by atoms with van der Waals surface area (Å²) in [4.78, 5) is 8.57. The molecule has 4 rings (SSSR count). The number of nitrogens with zero attached hydrogens (tertiary/aromatic N) is 4. The zero-order chi connectivity index (χ0) is 16.5. The van der Waals surface area contributed by atoms with Gasteiger partial charge in [-0.15, -0.1) is 11.3 Å². The molecule has 1 aliphatic heterocycles. The summed E-state index contributed by atoms with van der Waals surface area (Å²) in [5.74, 6) is 1.78. The summed E-state index contributed by atoms with van der Waals surface area (Å²) in [5.41, 5.74) is 2.71. The Hall–Kier alpha value is -1.85. The predicted molar refractivity (Wildman–Crippen MR) is 98.1 cm³/mol. The van der Waals surface area contributed by atoms with Crippen LogP contribution in [0, 0.1) is 19.8 Å². The molecular formula is C19H24N4S. The quantitative estimate of drug-likeness (QED) is 0.724. The number of aryl methyl sites for hydroxylation is 2. The molecule has 0 fully saturated rings. The largest absolute Gasteiger partial charge is 0.349 e. The fraction of sp³-hybridized carbons (Fsp3) is 0.421. The van der Waals surface area contributed by atoms with Gasteiger partial charge in [0.15, 0.2) is 0 Å². The number of hydrogen-bond acceptors (Lipinski definition) is 3. The highest BCUT2D eigenvalue weighted by atomic mass is 32.1. The van der Waals surface area contributed by atoms with Crippen molar-refractivity contribution in [3.05, 3.63) is 64.1 Å². The van der Waals surface area contributed by atoms with Crippen LogP contribution in [0.3, 0.4) is 0 Å². The molecular weight excluding hydrogens is 316 g/mol. The van der Waals surface area contributed by atoms with E-state index in [2.05, 4.69) is 68.7 Å². The maximum Gasteiger partial charge on any atom is 0.122 e. The van der Waals surface area contributed by atoms with Crippen LogP contribution in [-0.2, 0) is 26.2 Å². The molecule has 0 radical (unpaired) electrons. The van der Waals surface area contributed by atoms with Crippen LogP contribution in [-0.4, -0.2) is 25.6 Å². The Balaban J connectivity index is 1.57. The smallest absolute Gasteiger partial charge is 0.122 e. The minimum atomic E-state index is 0.588. The number of imidazole rings is 1. The standard InChI is InChI=1S/C19H24N4S/c1-15-5-6-16(2)23(15)12-17-10-21(13-18-4-3-9-24-18)14-19-20-7-8-22(19)11-17/h3-9,17H,10-14H2,1-2H3/t17-/m0/s1. The molecule has 3 aromatic rings. The summed E-state index contributed by atoms with van der Waals surface area (Å²) < 4.78 is 4.79. The first-order valence-electron chi connectivity index (χ1n) is 8.56. The lowest BCUT2D eigenvalue weighted by molar-refractivity contribution is 0.209. The second kappa shape index (κ2) is 6.57. The zero-order valence-corrected chi connectivity index (χ0v) is 15.2. The van der Waals surface area contributed by atoms with Crippen molar-refractivity contribution in [1.82, 2.24) is 19.0 Å². The highest BCUT2D eigenvalue weighted by Gasteiger charge is 2.23. The molecule has 24 heavy (non-hydrogen) atoms. The predicted octanol–water partition coefficient (Wildman–Crippen LogP) is 3.70. The van der Waals surface area contributed by atoms with Gasteiger partial charge in [0, 0.05) is 60.8 Å². The lowest BCUT2D eigenvalue weighted by atomic mass is 10.1. The van der Waals surface area contributed by atoms with Gasteiger partial charge in [-0.05, 0) is 37.4 Å². The fourth-order valence-electron chi connectivity index (χ4n) is 3.73. The average Bonchev–Trinajstić information content (AvgIpc) is 3.26. The molecule has 0 saturated carbocycles. The molecule has 0 N–H and O–H groups in total. The van der Waals surface area contributed by atoms with Gasteiger partial charge < -0.3 is 9.13 Å². The van der Waals surface area contributed by atoms with E-state index < -0.39 is 0 Å². The van der Waals surface area contributed by atoms with Gasteiger partial charge >= 0.3 is 0 Å². The molecule has 0 bridgehead atoms. The number of thiophene rings is 1. The van der Waals surface area contributed by atoms with Gasteiger partial charge in [-0.3, -0.25) is 4.90 Å². The molecule has 4 heterocycles. The molecule has 1 aliphatic rings. The lowest BCUT2D eigenvalue weighted by Gasteiger charge is -2.24. The Bertz CT molecular complexity index is 780. The van der Waals surface area contributed by atoms with Gasteiger partial charge in [-0.1, -0.05) is 6.07 Å². The Labute approximate surface area is 147 Å². The molecule has 4 nitrogen and oxygen atoms in total. The molecule has 0 unspecified atom stereocenters. The first kappa shape index (κ1) is 15.7. The van der Waals surface area contributed by atoms with E-state index in [-0.39, 0.29) is 0 Å². The highest BCUT2D eigenvalue weighted by molar-refractivity contribution is 7.09. The highest BCUT2D eigenvalue weighted by Crippen LogP contribution is 2.22. The van der Waals surface area contributed by atoms with Crippen molar-refractivity contribution in [2.45, 2.75) is 40.0 Å². The minimum Gasteiger partial charge on any atom is -0.349 e. The monoisotopic (exact) mass is 340 g/mol. The van der Waals surface area contributed by atoms with Gasteiger partial charge in [0.1, 0.15) is 5.82 Å². The average molecular weight is 340 g/mol. The number of rotatable bonds is 4. The molecule has 3 aromatic heterocycles. The van der Waals surface area contributed by atoms with Crippen LogP contribution < -0.4 is 0 Å². The van der Waals surface area contributed by atoms with E-state index in [1.165, 1.54) is 22.1 Å². The maximum atomic E-state index is 4.58. The maximum absolute atomic E-state index is 4.58. The van der Waals surface area contributed by atoms with Crippen molar-refractivity contribution in [1.29, 1.82) is 0 Å². The third kappa shape index (κ3) is 3.19. The van der Waals surface area contributed by atoms with E-state index >= 15 is 0 Å². The van der Waals surface area contributed by atoms with Crippen LogP contribution >= 0.6 is 11.3 Å². The van der Waals surface area contributed by atoms with E-state index in [0.29, 0.717) is 5.92 Å². The molecule has 0 amide bonds. The van der Waals surface area contributed by atoms with Crippen molar-refractivity contribution in [2.24, 2.45) is 5.92 Å². The third-order valence-electron chi connectivity index (χ3n) is 4.96. The number of fused-ring (bicyclic) bond motifs is 1. The van der Waals surface area contributed by atoms with Crippen LogP contribution in [0.25, 0.3) is 0 Å². The van der Waals surface area contributed by atoms with Crippen LogP contribution in [0.4, 0.5) is 0 Å². The van der Waals surface area contributed by atoms with E-state index in [9.17, 15) is 0 Å². The molecule has 5 heteroatoms. The van der Waals surface area contributed by atoms with E-state index in [1.54, 1.807) is 0 Å². The van der Waals surface area contributed by atoms with Gasteiger partial charge in [0.05, 0.1) is 6.54 Å². The number of hydrogen-bond donors (Lipinski definition) is 0. The summed E-state index contributed by atoms with van der Waals surface area (Å²) >= 11 is 1.84. The summed E-state index contributed by atoms with van der Waals surface area (Å²) in [6, 6.07) is 8.82. The minimum absolute atomic E-state index is 0.588. The van der Waals surface area contributed by atoms with Gasteiger partial charge in [-0.25, -0.2) is 4.98 Å². The summed E-state index contributed by atoms with van der Waals surface area (Å²) in [7, 11) is 0. The molecule has 1 atom stereocenters. The van der Waals surface area contributed by atoms with Crippen molar-refractivity contribution in [2.75, 3.05) is 6.54 Å². The second-order valence-electron chi connectivity index (χ2n) is 6.84. The van der Waals surface area contributed by atoms with Crippen LogP contribution in [0.2, 0.25) is 0 Å². The Morgan fingerprint density at radius 2 is 2.00 bits per heavy atom. The van der Waals surface area contributed by atoms with Crippen LogP contribution in [0.5, 0.6) is 0 Å². The normalized spacial score (nSPS) is 18.5. The summed E-state index contributed by atoms with van der Waals surface area (Å²) in [6.07, 6.45) is 4.07. The zero-order valence-electron chi connectivity index (χ0n) is 14.4. The lowest BCUT2D eigenvalue weighted by Crippen LogP contribution is -2.30. The first-order valence-corrected chi connectivity index (χ1v) is 9.44. The summed E-state index contributed by atoms with van der Waals surface area (Å²) in [6.45, 7) is 9.59. The molecule has 0 aromatic carbocycles. The van der Waals surface area contributed by atoms with E-state index in [4.69, 9.17) is 0 Å². The van der Waals surface area contributed by atoms with Crippen molar-refractivity contribution in [3.8, 4) is 0 Å². The van der Waals surface area contributed by atoms with Crippen molar-refractivity contribution < 1.29 is 0 Å². The fourth-order valence-corrected chi connectivity index (χ4v) is 4.47. The Morgan fingerprint density at radius 1 is 1.17 bits per heavy atom. The molecule has 0 saturated heterocycles. The topological polar surface area (TPSA) is 26.0 Å². The second-order valence-corrected chi connectivity index (χ2v) is 7.87. The van der Waals surface area contributed by atoms with E-state index in [0.717, 1.165) is 32.7 Å². The Morgan fingerprint density at radius 3 is 2.75 bits per heavy atom. The van der Waals surface area contributed by atoms with Gasteiger partial charge in [-0.2, -0.15) is 0 Å². The van der Waals surface area contributed by atoms with Gasteiger partial charge in [0.2, 0.25) is 0 Å². The summed E-state index contributed by atoms with van der Waals surface area (Å²) in [5, 5.41) is 2.16. The number of aromatic nitrogens is 3. The van der Waals surface area contributed by atoms with E-state index in [1.807, 2.05) is 17.5 Å². The Kier molecular flexibility index (Phi) is 4.29. The first-order chi connectivity index (χ1) is 11.7. The third-order valence-corrected chi connectivity index (χ3v) is 5.82. The molecule has 0 spiro atoms. The van der Waals surface area contributed by atoms with Gasteiger partial charge in [0.25, 0.3) is 0 Å². The van der Waals surface area contributed by atoms with Crippen LogP contribution in [0.15, 0.2) is 42.0 Å². The van der Waals surface area contributed by atoms with Crippen molar-refractivity contribution in [3.63, 3.8) is 0 Å². The molecule has 126 valence electrons. The molecule has 0 aliphatic carbocycles. The van der Waals surface area contributed by atoms with Crippen molar-refractivity contribution >= 4 is 11.3 Å².